The van der Waals surface area contributed by atoms with Crippen molar-refractivity contribution in [3.8, 4) is 0 Å². The highest BCUT2D eigenvalue weighted by Gasteiger charge is 2.10. The van der Waals surface area contributed by atoms with Gasteiger partial charge in [0.25, 0.3) is 0 Å². The number of para-hydroxylation sites is 1. The Morgan fingerprint density at radius 1 is 1.26 bits per heavy atom. The average molecular weight is 258 g/mol. The van der Waals surface area contributed by atoms with Gasteiger partial charge in [0, 0.05) is 18.2 Å². The predicted molar refractivity (Wildman–Crippen MR) is 78.8 cm³/mol. The summed E-state index contributed by atoms with van der Waals surface area (Å²) in [7, 11) is 0. The third-order valence-corrected chi connectivity index (χ3v) is 3.54. The number of allylic oxidation sites excluding steroid dienone is 2. The molecule has 3 N–H and O–H groups in total. The number of rotatable bonds is 4. The van der Waals surface area contributed by atoms with Crippen LogP contribution in [0.4, 0.5) is 5.69 Å². The van der Waals surface area contributed by atoms with Crippen molar-refractivity contribution in [2.24, 2.45) is 5.73 Å². The molecule has 1 aliphatic carbocycles. The molecule has 19 heavy (non-hydrogen) atoms. The zero-order valence-corrected chi connectivity index (χ0v) is 11.3. The third kappa shape index (κ3) is 4.87. The van der Waals surface area contributed by atoms with Gasteiger partial charge >= 0.3 is 0 Å². The van der Waals surface area contributed by atoms with Gasteiger partial charge in [-0.1, -0.05) is 29.8 Å². The first-order chi connectivity index (χ1) is 9.24. The maximum absolute atomic E-state index is 11.8. The quantitative estimate of drug-likeness (QED) is 0.815. The van der Waals surface area contributed by atoms with Gasteiger partial charge in [0.15, 0.2) is 0 Å². The summed E-state index contributed by atoms with van der Waals surface area (Å²) in [6.45, 7) is 0. The lowest BCUT2D eigenvalue weighted by Gasteiger charge is -2.08. The first kappa shape index (κ1) is 13.8. The van der Waals surface area contributed by atoms with Crippen molar-refractivity contribution in [1.29, 1.82) is 0 Å². The van der Waals surface area contributed by atoms with Crippen LogP contribution in [0.2, 0.25) is 0 Å². The van der Waals surface area contributed by atoms with Crippen molar-refractivity contribution in [2.75, 3.05) is 5.32 Å². The minimum atomic E-state index is 0.0839. The normalized spacial score (nSPS) is 19.4. The molecule has 3 nitrogen and oxygen atoms in total. The highest BCUT2D eigenvalue weighted by molar-refractivity contribution is 5.90. The van der Waals surface area contributed by atoms with Crippen LogP contribution >= 0.6 is 0 Å². The van der Waals surface area contributed by atoms with E-state index in [1.165, 1.54) is 5.57 Å². The fourth-order valence-corrected chi connectivity index (χ4v) is 2.36. The van der Waals surface area contributed by atoms with Gasteiger partial charge in [0.1, 0.15) is 0 Å². The molecule has 0 aliphatic heterocycles. The van der Waals surface area contributed by atoms with Crippen LogP contribution in [0.15, 0.2) is 42.0 Å². The number of nitrogens with one attached hydrogen (secondary N) is 1. The fraction of sp³-hybridized carbons (Fsp3) is 0.438. The van der Waals surface area contributed by atoms with Crippen LogP contribution in [-0.2, 0) is 4.79 Å². The van der Waals surface area contributed by atoms with Crippen molar-refractivity contribution in [3.63, 3.8) is 0 Å². The minimum absolute atomic E-state index is 0.0839. The second kappa shape index (κ2) is 7.10. The van der Waals surface area contributed by atoms with E-state index in [1.807, 2.05) is 30.3 Å². The number of carbonyl (C=O) groups is 1. The lowest BCUT2D eigenvalue weighted by molar-refractivity contribution is -0.116. The van der Waals surface area contributed by atoms with E-state index < -0.39 is 0 Å². The topological polar surface area (TPSA) is 55.1 Å². The van der Waals surface area contributed by atoms with Crippen LogP contribution in [0.5, 0.6) is 0 Å². The van der Waals surface area contributed by atoms with E-state index in [4.69, 9.17) is 5.73 Å². The molecule has 0 radical (unpaired) electrons. The summed E-state index contributed by atoms with van der Waals surface area (Å²) in [6.07, 6.45) is 7.88. The van der Waals surface area contributed by atoms with Crippen molar-refractivity contribution in [1.82, 2.24) is 0 Å². The maximum Gasteiger partial charge on any atom is 0.224 e. The molecule has 102 valence electrons. The number of anilines is 1. The van der Waals surface area contributed by atoms with Crippen LogP contribution in [-0.4, -0.2) is 11.9 Å². The van der Waals surface area contributed by atoms with Gasteiger partial charge < -0.3 is 11.1 Å². The van der Waals surface area contributed by atoms with Crippen molar-refractivity contribution in [3.05, 3.63) is 42.0 Å². The first-order valence-electron chi connectivity index (χ1n) is 7.02. The van der Waals surface area contributed by atoms with Gasteiger partial charge in [-0.2, -0.15) is 0 Å². The van der Waals surface area contributed by atoms with Crippen molar-refractivity contribution < 1.29 is 4.79 Å². The monoisotopic (exact) mass is 258 g/mol. The SMILES string of the molecule is NC1CCC=C(CCC(=O)Nc2ccccc2)CC1. The van der Waals surface area contributed by atoms with E-state index in [1.54, 1.807) is 0 Å². The average Bonchev–Trinajstić information content (AvgIpc) is 2.62. The summed E-state index contributed by atoms with van der Waals surface area (Å²) in [5, 5.41) is 2.92. The summed E-state index contributed by atoms with van der Waals surface area (Å²) >= 11 is 0. The standard InChI is InChI=1S/C16H22N2O/c17-14-6-4-5-13(9-11-14)10-12-16(19)18-15-7-2-1-3-8-15/h1-3,5,7-8,14H,4,6,9-12,17H2,(H,18,19). The van der Waals surface area contributed by atoms with Crippen LogP contribution in [0.1, 0.15) is 38.5 Å². The van der Waals surface area contributed by atoms with Crippen molar-refractivity contribution >= 4 is 11.6 Å². The molecule has 0 saturated heterocycles. The van der Waals surface area contributed by atoms with Crippen LogP contribution in [0.25, 0.3) is 0 Å². The fourth-order valence-electron chi connectivity index (χ4n) is 2.36. The molecule has 1 amide bonds. The van der Waals surface area contributed by atoms with Crippen molar-refractivity contribution in [2.45, 2.75) is 44.6 Å². The number of hydrogen-bond donors (Lipinski definition) is 2. The minimum Gasteiger partial charge on any atom is -0.328 e. The molecule has 0 aromatic heterocycles. The molecule has 0 spiro atoms. The Bertz CT molecular complexity index is 439. The Morgan fingerprint density at radius 3 is 2.84 bits per heavy atom. The molecule has 1 atom stereocenters. The van der Waals surface area contributed by atoms with E-state index in [0.717, 1.165) is 37.8 Å². The Kier molecular flexibility index (Phi) is 5.16. The lowest BCUT2D eigenvalue weighted by Crippen LogP contribution is -2.18. The second-order valence-corrected chi connectivity index (χ2v) is 5.15. The van der Waals surface area contributed by atoms with Gasteiger partial charge in [-0.3, -0.25) is 4.79 Å². The number of carbonyl (C=O) groups excluding carboxylic acids is 1. The second-order valence-electron chi connectivity index (χ2n) is 5.15. The number of benzene rings is 1. The highest BCUT2D eigenvalue weighted by atomic mass is 16.1. The summed E-state index contributed by atoms with van der Waals surface area (Å²) in [4.78, 5) is 11.8. The number of nitrogens with two attached hydrogens (primary N) is 1. The largest absolute Gasteiger partial charge is 0.328 e. The Labute approximate surface area is 114 Å². The van der Waals surface area contributed by atoms with Gasteiger partial charge in [0.2, 0.25) is 5.91 Å². The molecule has 2 rings (SSSR count). The number of amides is 1. The van der Waals surface area contributed by atoms with Gasteiger partial charge in [-0.15, -0.1) is 0 Å². The molecular weight excluding hydrogens is 236 g/mol. The molecule has 0 saturated carbocycles. The summed E-state index contributed by atoms with van der Waals surface area (Å²) in [6, 6.07) is 9.92. The van der Waals surface area contributed by atoms with E-state index in [-0.39, 0.29) is 5.91 Å². The van der Waals surface area contributed by atoms with E-state index in [9.17, 15) is 4.79 Å². The molecule has 1 unspecified atom stereocenters. The Hall–Kier alpha value is -1.61. The lowest BCUT2D eigenvalue weighted by atomic mass is 10.0. The Morgan fingerprint density at radius 2 is 2.05 bits per heavy atom. The third-order valence-electron chi connectivity index (χ3n) is 3.54. The van der Waals surface area contributed by atoms with E-state index >= 15 is 0 Å². The van der Waals surface area contributed by atoms with E-state index in [0.29, 0.717) is 12.5 Å². The van der Waals surface area contributed by atoms with Gasteiger partial charge in [-0.25, -0.2) is 0 Å². The zero-order valence-electron chi connectivity index (χ0n) is 11.3. The summed E-state index contributed by atoms with van der Waals surface area (Å²) < 4.78 is 0. The molecule has 0 fully saturated rings. The highest BCUT2D eigenvalue weighted by Crippen LogP contribution is 2.20. The molecule has 3 heteroatoms. The van der Waals surface area contributed by atoms with Crippen LogP contribution in [0.3, 0.4) is 0 Å². The molecular formula is C16H22N2O. The molecule has 0 heterocycles. The summed E-state index contributed by atoms with van der Waals surface area (Å²) in [5.41, 5.74) is 8.19. The molecule has 0 bridgehead atoms. The molecule has 1 aliphatic rings. The van der Waals surface area contributed by atoms with Gasteiger partial charge in [0.05, 0.1) is 0 Å². The van der Waals surface area contributed by atoms with Crippen LogP contribution < -0.4 is 11.1 Å². The maximum atomic E-state index is 11.8. The Balaban J connectivity index is 1.76. The zero-order chi connectivity index (χ0) is 13.5. The first-order valence-corrected chi connectivity index (χ1v) is 7.02. The number of hydrogen-bond acceptors (Lipinski definition) is 2. The van der Waals surface area contributed by atoms with E-state index in [2.05, 4.69) is 11.4 Å². The van der Waals surface area contributed by atoms with Gasteiger partial charge in [-0.05, 0) is 44.2 Å². The smallest absolute Gasteiger partial charge is 0.224 e. The van der Waals surface area contributed by atoms with Crippen LogP contribution in [0, 0.1) is 0 Å². The molecule has 1 aromatic rings. The predicted octanol–water partition coefficient (Wildman–Crippen LogP) is 3.23. The summed E-state index contributed by atoms with van der Waals surface area (Å²) in [5.74, 6) is 0.0839. The molecule has 1 aromatic carbocycles.